The monoisotopic (exact) mass is 670 g/mol. The highest BCUT2D eigenvalue weighted by atomic mass is 32.2. The van der Waals surface area contributed by atoms with Gasteiger partial charge in [-0.3, -0.25) is 29.0 Å². The normalized spacial score (nSPS) is 18.9. The van der Waals surface area contributed by atoms with E-state index in [0.29, 0.717) is 46.3 Å². The van der Waals surface area contributed by atoms with E-state index >= 15 is 0 Å². The van der Waals surface area contributed by atoms with Gasteiger partial charge in [0.05, 0.1) is 35.2 Å². The maximum atomic E-state index is 13.6. The lowest BCUT2D eigenvalue weighted by Gasteiger charge is -2.20. The summed E-state index contributed by atoms with van der Waals surface area (Å²) in [6.45, 7) is 3.99. The van der Waals surface area contributed by atoms with Crippen LogP contribution in [0.4, 0.5) is 0 Å². The molecule has 2 aromatic heterocycles. The number of carboxylic acid groups (broad SMARTS) is 1. The number of thiazole rings is 1. The highest BCUT2D eigenvalue weighted by Gasteiger charge is 2.53. The first kappa shape index (κ1) is 33.5. The Morgan fingerprint density at radius 1 is 1.24 bits per heavy atom. The molecule has 0 unspecified atom stereocenters. The summed E-state index contributed by atoms with van der Waals surface area (Å²) in [6.07, 6.45) is 3.88. The number of Topliss-reactive ketones (excluding diaryl/α,β-unsaturated/α-hetero) is 1. The molecule has 1 aliphatic carbocycles. The number of aliphatic imine (C=N–C) groups is 1. The molecule has 13 nitrogen and oxygen atoms in total. The molecular formula is C31H38N6O7S2. The molecule has 4 heterocycles. The number of nitrogens with zero attached hydrogens (tertiary/aromatic N) is 3. The number of carbonyl (C=O) groups is 5. The third-order valence-electron chi connectivity index (χ3n) is 8.60. The van der Waals surface area contributed by atoms with Crippen molar-refractivity contribution in [2.45, 2.75) is 95.8 Å². The first-order valence-electron chi connectivity index (χ1n) is 15.5. The number of fused-ring (bicyclic) bond motifs is 2. The largest absolute Gasteiger partial charge is 0.476 e. The number of ketones is 1. The number of hydrogen-bond acceptors (Lipinski definition) is 10. The van der Waals surface area contributed by atoms with Gasteiger partial charge in [0, 0.05) is 35.7 Å². The predicted octanol–water partition coefficient (Wildman–Crippen LogP) is 2.70. The lowest BCUT2D eigenvalue weighted by atomic mass is 9.92. The standard InChI is InChI=1S/C31H38N6O7S2/c1-3-4-5-24(40)33-18(12-23(32)39)22(38)10-16(2)6-7-21-27-17(31(8-9-31)36-28(27)42)11-26(41)37(21)13-25-34-19(14-45-25)29-35-20(15-46-29)30(43)44/h11,15-16,18-19H,3-10,12-14H2,1-2H3,(H2,32,39)(H,33,40)(H,36,42)(H,43,44)/t16-,18+,19-/m0/s1. The van der Waals surface area contributed by atoms with Crippen LogP contribution in [0.5, 0.6) is 0 Å². The second kappa shape index (κ2) is 13.9. The van der Waals surface area contributed by atoms with Crippen LogP contribution in [0.2, 0.25) is 0 Å². The number of pyridine rings is 1. The highest BCUT2D eigenvalue weighted by molar-refractivity contribution is 8.14. The van der Waals surface area contributed by atoms with Crippen LogP contribution in [0.15, 0.2) is 21.2 Å². The lowest BCUT2D eigenvalue weighted by molar-refractivity contribution is -0.130. The van der Waals surface area contributed by atoms with Crippen molar-refractivity contribution in [3.05, 3.63) is 49.3 Å². The fraction of sp³-hybridized carbons (Fsp3) is 0.548. The maximum Gasteiger partial charge on any atom is 0.355 e. The van der Waals surface area contributed by atoms with Crippen molar-refractivity contribution in [3.63, 3.8) is 0 Å². The van der Waals surface area contributed by atoms with Crippen molar-refractivity contribution in [1.29, 1.82) is 0 Å². The first-order chi connectivity index (χ1) is 21.9. The summed E-state index contributed by atoms with van der Waals surface area (Å²) in [4.78, 5) is 84.2. The number of amides is 3. The van der Waals surface area contributed by atoms with Crippen molar-refractivity contribution in [1.82, 2.24) is 20.2 Å². The van der Waals surface area contributed by atoms with Crippen molar-refractivity contribution in [2.24, 2.45) is 16.6 Å². The van der Waals surface area contributed by atoms with Gasteiger partial charge >= 0.3 is 5.97 Å². The molecule has 5 rings (SSSR count). The van der Waals surface area contributed by atoms with E-state index in [4.69, 9.17) is 10.7 Å². The van der Waals surface area contributed by atoms with Crippen molar-refractivity contribution >= 4 is 57.6 Å². The Balaban J connectivity index is 1.34. The first-order valence-corrected chi connectivity index (χ1v) is 17.4. The Morgan fingerprint density at radius 2 is 2.00 bits per heavy atom. The number of nitrogens with one attached hydrogen (secondary N) is 2. The molecule has 0 radical (unpaired) electrons. The molecule has 15 heteroatoms. The maximum absolute atomic E-state index is 13.6. The van der Waals surface area contributed by atoms with Gasteiger partial charge in [0.2, 0.25) is 11.8 Å². The molecule has 1 saturated carbocycles. The van der Waals surface area contributed by atoms with Crippen LogP contribution < -0.4 is 21.9 Å². The third kappa shape index (κ3) is 7.41. The van der Waals surface area contributed by atoms with Gasteiger partial charge in [-0.05, 0) is 43.6 Å². The molecule has 1 fully saturated rings. The molecule has 2 aliphatic heterocycles. The summed E-state index contributed by atoms with van der Waals surface area (Å²) >= 11 is 2.69. The van der Waals surface area contributed by atoms with Crippen molar-refractivity contribution < 1.29 is 29.1 Å². The van der Waals surface area contributed by atoms with Gasteiger partial charge in [-0.25, -0.2) is 9.78 Å². The number of nitrogens with two attached hydrogens (primary N) is 1. The van der Waals surface area contributed by atoms with E-state index in [0.717, 1.165) is 24.8 Å². The number of hydrogen-bond donors (Lipinski definition) is 4. The van der Waals surface area contributed by atoms with Crippen LogP contribution in [-0.4, -0.2) is 61.0 Å². The summed E-state index contributed by atoms with van der Waals surface area (Å²) in [5.41, 5.74) is 6.40. The smallest absolute Gasteiger partial charge is 0.355 e. The average molecular weight is 671 g/mol. The Hall–Kier alpha value is -3.85. The van der Waals surface area contributed by atoms with Gasteiger partial charge in [0.15, 0.2) is 11.5 Å². The summed E-state index contributed by atoms with van der Waals surface area (Å²) in [5, 5.41) is 17.7. The van der Waals surface area contributed by atoms with Crippen LogP contribution in [0.3, 0.4) is 0 Å². The molecule has 0 saturated heterocycles. The number of carboxylic acids is 1. The molecule has 2 aromatic rings. The summed E-state index contributed by atoms with van der Waals surface area (Å²) in [5.74, 6) is -2.24. The van der Waals surface area contributed by atoms with Gasteiger partial charge in [-0.15, -0.1) is 23.1 Å². The lowest BCUT2D eigenvalue weighted by Crippen LogP contribution is -2.43. The Labute approximate surface area is 273 Å². The van der Waals surface area contributed by atoms with Crippen LogP contribution in [0, 0.1) is 5.92 Å². The second-order valence-corrected chi connectivity index (χ2v) is 14.3. The van der Waals surface area contributed by atoms with Gasteiger partial charge in [-0.1, -0.05) is 20.3 Å². The molecule has 46 heavy (non-hydrogen) atoms. The van der Waals surface area contributed by atoms with Gasteiger partial charge in [0.25, 0.3) is 11.5 Å². The summed E-state index contributed by atoms with van der Waals surface area (Å²) in [6, 6.07) is 0.217. The SMILES string of the molecule is CCCCC(=O)N[C@H](CC(N)=O)C(=O)C[C@@H](C)CCc1c2c(cc(=O)n1CC1=N[C@H](c3nc(C(=O)O)cs3)CS1)C1(CC1)NC2=O. The zero-order valence-corrected chi connectivity index (χ0v) is 27.4. The number of rotatable bonds is 16. The van der Waals surface area contributed by atoms with Crippen molar-refractivity contribution in [2.75, 3.05) is 5.75 Å². The molecule has 1 spiro atoms. The second-order valence-electron chi connectivity index (χ2n) is 12.3. The zero-order chi connectivity index (χ0) is 33.2. The topological polar surface area (TPSA) is 203 Å². The molecule has 246 valence electrons. The van der Waals surface area contributed by atoms with E-state index in [2.05, 4.69) is 15.6 Å². The number of primary amides is 1. The number of aromatic nitrogens is 2. The number of carbonyl (C=O) groups excluding carboxylic acids is 4. The molecule has 3 amide bonds. The highest BCUT2D eigenvalue weighted by Crippen LogP contribution is 2.50. The molecule has 3 aliphatic rings. The summed E-state index contributed by atoms with van der Waals surface area (Å²) in [7, 11) is 0. The van der Waals surface area contributed by atoms with Crippen LogP contribution in [0.1, 0.15) is 108 Å². The Bertz CT molecular complexity index is 1660. The predicted molar refractivity (Wildman–Crippen MR) is 173 cm³/mol. The van der Waals surface area contributed by atoms with Crippen LogP contribution in [-0.2, 0) is 32.9 Å². The molecule has 5 N–H and O–H groups in total. The van der Waals surface area contributed by atoms with E-state index in [-0.39, 0.29) is 66.6 Å². The Kier molecular flexibility index (Phi) is 10.1. The fourth-order valence-electron chi connectivity index (χ4n) is 5.96. The van der Waals surface area contributed by atoms with Crippen LogP contribution in [0.25, 0.3) is 0 Å². The zero-order valence-electron chi connectivity index (χ0n) is 25.8. The van der Waals surface area contributed by atoms with E-state index in [9.17, 15) is 33.9 Å². The molecule has 0 aromatic carbocycles. The average Bonchev–Trinajstić information content (AvgIpc) is 3.31. The van der Waals surface area contributed by atoms with E-state index in [1.54, 1.807) is 10.6 Å². The minimum absolute atomic E-state index is 0.0294. The minimum Gasteiger partial charge on any atom is -0.476 e. The number of unbranched alkanes of at least 4 members (excludes halogenated alkanes) is 1. The number of thioether (sulfide) groups is 1. The quantitative estimate of drug-likeness (QED) is 0.207. The molecule has 3 atom stereocenters. The fourth-order valence-corrected chi connectivity index (χ4v) is 7.90. The third-order valence-corrected chi connectivity index (χ3v) is 10.6. The van der Waals surface area contributed by atoms with Crippen LogP contribution >= 0.6 is 23.1 Å². The molecule has 0 bridgehead atoms. The minimum atomic E-state index is -1.10. The Morgan fingerprint density at radius 3 is 2.65 bits per heavy atom. The summed E-state index contributed by atoms with van der Waals surface area (Å²) < 4.78 is 1.58. The number of aromatic carboxylic acids is 1. The van der Waals surface area contributed by atoms with Gasteiger partial charge < -0.3 is 26.0 Å². The van der Waals surface area contributed by atoms with Gasteiger partial charge in [0.1, 0.15) is 11.0 Å². The van der Waals surface area contributed by atoms with Gasteiger partial charge in [-0.2, -0.15) is 0 Å². The molecular weight excluding hydrogens is 633 g/mol. The van der Waals surface area contributed by atoms with Crippen molar-refractivity contribution in [3.8, 4) is 0 Å². The van der Waals surface area contributed by atoms with E-state index in [1.807, 2.05) is 13.8 Å². The van der Waals surface area contributed by atoms with E-state index < -0.39 is 23.5 Å². The van der Waals surface area contributed by atoms with E-state index in [1.165, 1.54) is 28.5 Å².